The van der Waals surface area contributed by atoms with E-state index in [-0.39, 0.29) is 0 Å². The Balaban J connectivity index is 2.35. The lowest BCUT2D eigenvalue weighted by Crippen LogP contribution is -1.78. The number of aromatic nitrogens is 1. The first-order chi connectivity index (χ1) is 6.29. The lowest BCUT2D eigenvalue weighted by atomic mass is 10.3. The van der Waals surface area contributed by atoms with Crippen LogP contribution in [0.4, 0.5) is 0 Å². The first kappa shape index (κ1) is 8.72. The topological polar surface area (TPSA) is 22.1 Å². The molecule has 0 fully saturated rings. The molecule has 0 saturated carbocycles. The van der Waals surface area contributed by atoms with Crippen LogP contribution in [0.5, 0.6) is 5.88 Å². The number of methoxy groups -OCH3 is 1. The Morgan fingerprint density at radius 2 is 2.23 bits per heavy atom. The molecular formula is C9H9NOS2. The summed E-state index contributed by atoms with van der Waals surface area (Å²) in [6, 6.07) is 4.13. The normalized spacial score (nSPS) is 10.3. The number of thiophene rings is 1. The molecule has 0 atom stereocenters. The lowest BCUT2D eigenvalue weighted by molar-refractivity contribution is 0.403. The number of nitrogens with zero attached hydrogens (tertiary/aromatic N) is 1. The van der Waals surface area contributed by atoms with E-state index >= 15 is 0 Å². The summed E-state index contributed by atoms with van der Waals surface area (Å²) in [7, 11) is 1.64. The highest BCUT2D eigenvalue weighted by atomic mass is 32.1. The second kappa shape index (κ2) is 3.47. The van der Waals surface area contributed by atoms with E-state index in [0.717, 1.165) is 0 Å². The van der Waals surface area contributed by atoms with Gasteiger partial charge in [-0.2, -0.15) is 4.37 Å². The maximum Gasteiger partial charge on any atom is 0.225 e. The van der Waals surface area contributed by atoms with Crippen molar-refractivity contribution >= 4 is 22.9 Å². The van der Waals surface area contributed by atoms with Crippen LogP contribution in [-0.4, -0.2) is 11.5 Å². The molecule has 0 bridgehead atoms. The number of rotatable bonds is 2. The van der Waals surface area contributed by atoms with E-state index in [2.05, 4.69) is 22.7 Å². The zero-order valence-electron chi connectivity index (χ0n) is 7.40. The van der Waals surface area contributed by atoms with Crippen LogP contribution < -0.4 is 4.74 Å². The van der Waals surface area contributed by atoms with Crippen LogP contribution in [0, 0.1) is 6.92 Å². The van der Waals surface area contributed by atoms with Crippen LogP contribution >= 0.6 is 22.9 Å². The van der Waals surface area contributed by atoms with Crippen LogP contribution in [0.15, 0.2) is 17.5 Å². The third-order valence-electron chi connectivity index (χ3n) is 1.71. The molecule has 2 heterocycles. The quantitative estimate of drug-likeness (QED) is 0.761. The van der Waals surface area contributed by atoms with E-state index in [1.807, 2.05) is 6.07 Å². The van der Waals surface area contributed by atoms with E-state index in [9.17, 15) is 0 Å². The minimum absolute atomic E-state index is 0.698. The molecule has 68 valence electrons. The van der Waals surface area contributed by atoms with Gasteiger partial charge in [-0.1, -0.05) is 0 Å². The summed E-state index contributed by atoms with van der Waals surface area (Å²) >= 11 is 3.23. The first-order valence-corrected chi connectivity index (χ1v) is 5.51. The maximum absolute atomic E-state index is 5.03. The molecular weight excluding hydrogens is 202 g/mol. The summed E-state index contributed by atoms with van der Waals surface area (Å²) in [6.45, 7) is 2.10. The third-order valence-corrected chi connectivity index (χ3v) is 3.40. The van der Waals surface area contributed by atoms with Crippen LogP contribution in [0.3, 0.4) is 0 Å². The summed E-state index contributed by atoms with van der Waals surface area (Å²) < 4.78 is 9.17. The van der Waals surface area contributed by atoms with Gasteiger partial charge in [0.05, 0.1) is 12.0 Å². The fourth-order valence-corrected chi connectivity index (χ4v) is 2.53. The highest BCUT2D eigenvalue weighted by Crippen LogP contribution is 2.30. The Kier molecular flexibility index (Phi) is 2.33. The molecule has 2 nitrogen and oxygen atoms in total. The van der Waals surface area contributed by atoms with Crippen LogP contribution in [0.25, 0.3) is 10.4 Å². The van der Waals surface area contributed by atoms with Crippen molar-refractivity contribution in [3.05, 3.63) is 22.4 Å². The molecule has 0 radical (unpaired) electrons. The lowest BCUT2D eigenvalue weighted by Gasteiger charge is -1.87. The zero-order valence-corrected chi connectivity index (χ0v) is 9.04. The first-order valence-electron chi connectivity index (χ1n) is 3.86. The predicted octanol–water partition coefficient (Wildman–Crippen LogP) is 3.19. The molecule has 13 heavy (non-hydrogen) atoms. The minimum atomic E-state index is 0.698. The summed E-state index contributed by atoms with van der Waals surface area (Å²) in [5.41, 5.74) is 1.24. The van der Waals surface area contributed by atoms with Gasteiger partial charge in [-0.15, -0.1) is 11.3 Å². The molecule has 2 aromatic rings. The number of hydrogen-bond acceptors (Lipinski definition) is 4. The predicted molar refractivity (Wildman–Crippen MR) is 56.7 cm³/mol. The number of ether oxygens (including phenoxy) is 1. The monoisotopic (exact) mass is 211 g/mol. The Morgan fingerprint density at radius 3 is 2.77 bits per heavy atom. The van der Waals surface area contributed by atoms with Gasteiger partial charge in [-0.05, 0) is 29.9 Å². The molecule has 0 aliphatic heterocycles. The van der Waals surface area contributed by atoms with Crippen molar-refractivity contribution in [1.29, 1.82) is 0 Å². The number of hydrogen-bond donors (Lipinski definition) is 0. The van der Waals surface area contributed by atoms with Gasteiger partial charge in [0.25, 0.3) is 0 Å². The molecule has 2 rings (SSSR count). The van der Waals surface area contributed by atoms with E-state index < -0.39 is 0 Å². The van der Waals surface area contributed by atoms with Crippen molar-refractivity contribution < 1.29 is 4.74 Å². The van der Waals surface area contributed by atoms with Crippen LogP contribution in [-0.2, 0) is 0 Å². The minimum Gasteiger partial charge on any atom is -0.480 e. The highest BCUT2D eigenvalue weighted by molar-refractivity contribution is 7.12. The molecule has 0 amide bonds. The molecule has 0 unspecified atom stereocenters. The Labute approximate surface area is 85.0 Å². The fraction of sp³-hybridized carbons (Fsp3) is 0.222. The van der Waals surface area contributed by atoms with Crippen LogP contribution in [0.2, 0.25) is 0 Å². The van der Waals surface area contributed by atoms with Crippen molar-refractivity contribution in [3.63, 3.8) is 0 Å². The summed E-state index contributed by atoms with van der Waals surface area (Å²) in [6.07, 6.45) is 0. The third kappa shape index (κ3) is 1.73. The molecule has 0 aromatic carbocycles. The van der Waals surface area contributed by atoms with Crippen LogP contribution in [0.1, 0.15) is 4.88 Å². The van der Waals surface area contributed by atoms with Gasteiger partial charge < -0.3 is 4.74 Å². The second-order valence-corrected chi connectivity index (χ2v) is 4.60. The summed E-state index contributed by atoms with van der Waals surface area (Å²) in [5, 5.41) is 2.14. The second-order valence-electron chi connectivity index (χ2n) is 2.68. The molecule has 0 aliphatic rings. The van der Waals surface area contributed by atoms with E-state index in [0.29, 0.717) is 5.88 Å². The standard InChI is InChI=1S/C9H9NOS2/c1-6-3-7(5-12-6)8-4-9(11-2)10-13-8/h3-5H,1-2H3. The Bertz CT molecular complexity index is 405. The summed E-state index contributed by atoms with van der Waals surface area (Å²) in [5.74, 6) is 0.698. The molecule has 0 aliphatic carbocycles. The molecule has 4 heteroatoms. The van der Waals surface area contributed by atoms with Gasteiger partial charge in [-0.25, -0.2) is 0 Å². The van der Waals surface area contributed by atoms with E-state index in [1.54, 1.807) is 18.4 Å². The Hall–Kier alpha value is -0.870. The summed E-state index contributed by atoms with van der Waals surface area (Å²) in [4.78, 5) is 2.49. The molecule has 0 N–H and O–H groups in total. The van der Waals surface area contributed by atoms with Gasteiger partial charge in [-0.3, -0.25) is 0 Å². The Morgan fingerprint density at radius 1 is 1.38 bits per heavy atom. The van der Waals surface area contributed by atoms with E-state index in [4.69, 9.17) is 4.74 Å². The SMILES string of the molecule is COc1cc(-c2csc(C)c2)sn1. The van der Waals surface area contributed by atoms with Crippen molar-refractivity contribution in [2.75, 3.05) is 7.11 Å². The highest BCUT2D eigenvalue weighted by Gasteiger charge is 2.05. The van der Waals surface area contributed by atoms with Gasteiger partial charge in [0, 0.05) is 16.5 Å². The molecule has 0 spiro atoms. The average Bonchev–Trinajstić information content (AvgIpc) is 2.71. The fourth-order valence-electron chi connectivity index (χ4n) is 1.06. The van der Waals surface area contributed by atoms with Gasteiger partial charge >= 0.3 is 0 Å². The molecule has 0 saturated heterocycles. The van der Waals surface area contributed by atoms with E-state index in [1.165, 1.54) is 26.9 Å². The zero-order chi connectivity index (χ0) is 9.26. The van der Waals surface area contributed by atoms with Crippen molar-refractivity contribution in [2.24, 2.45) is 0 Å². The van der Waals surface area contributed by atoms with Crippen molar-refractivity contribution in [3.8, 4) is 16.3 Å². The van der Waals surface area contributed by atoms with Gasteiger partial charge in [0.15, 0.2) is 0 Å². The maximum atomic E-state index is 5.03. The van der Waals surface area contributed by atoms with Gasteiger partial charge in [0.2, 0.25) is 5.88 Å². The smallest absolute Gasteiger partial charge is 0.225 e. The largest absolute Gasteiger partial charge is 0.480 e. The van der Waals surface area contributed by atoms with Crippen molar-refractivity contribution in [1.82, 2.24) is 4.37 Å². The van der Waals surface area contributed by atoms with Crippen molar-refractivity contribution in [2.45, 2.75) is 6.92 Å². The van der Waals surface area contributed by atoms with Gasteiger partial charge in [0.1, 0.15) is 0 Å². The average molecular weight is 211 g/mol. The number of aryl methyl sites for hydroxylation is 1. The molecule has 2 aromatic heterocycles.